The second kappa shape index (κ2) is 5.04. The first kappa shape index (κ1) is 11.7. The summed E-state index contributed by atoms with van der Waals surface area (Å²) < 4.78 is 1.98. The van der Waals surface area contributed by atoms with Crippen molar-refractivity contribution in [2.24, 2.45) is 0 Å². The van der Waals surface area contributed by atoms with Gasteiger partial charge < -0.3 is 5.11 Å². The van der Waals surface area contributed by atoms with Crippen molar-refractivity contribution in [1.29, 1.82) is 0 Å². The molecule has 0 bridgehead atoms. The Labute approximate surface area is 102 Å². The molecule has 90 valence electrons. The summed E-state index contributed by atoms with van der Waals surface area (Å²) in [4.78, 5) is 0. The van der Waals surface area contributed by atoms with Gasteiger partial charge in [0, 0.05) is 12.2 Å². The number of aromatic hydroxyl groups is 1. The van der Waals surface area contributed by atoms with E-state index in [0.717, 1.165) is 18.5 Å². The molecule has 0 atom stereocenters. The molecule has 0 saturated heterocycles. The number of benzene rings is 1. The van der Waals surface area contributed by atoms with Gasteiger partial charge in [0.05, 0.1) is 5.69 Å². The first-order valence-electron chi connectivity index (χ1n) is 5.97. The predicted molar refractivity (Wildman–Crippen MR) is 68.1 cm³/mol. The van der Waals surface area contributed by atoms with Crippen LogP contribution in [0.25, 0.3) is 0 Å². The molecule has 0 unspecified atom stereocenters. The zero-order valence-corrected chi connectivity index (χ0v) is 10.3. The standard InChI is InChI=1S/C14H18N2O/c1-11(2)16-10-9-13(15-16)6-3-12-4-7-14(17)8-5-12/h4-5,7-11,17H,3,6H2,1-2H3. The molecule has 2 aromatic rings. The highest BCUT2D eigenvalue weighted by molar-refractivity contribution is 5.26. The molecule has 0 aliphatic heterocycles. The Hall–Kier alpha value is -1.77. The first-order valence-corrected chi connectivity index (χ1v) is 5.97. The molecule has 0 aliphatic rings. The third-order valence-corrected chi connectivity index (χ3v) is 2.80. The van der Waals surface area contributed by atoms with Crippen molar-refractivity contribution < 1.29 is 5.11 Å². The van der Waals surface area contributed by atoms with Gasteiger partial charge in [0.15, 0.2) is 0 Å². The van der Waals surface area contributed by atoms with Gasteiger partial charge >= 0.3 is 0 Å². The van der Waals surface area contributed by atoms with Crippen molar-refractivity contribution in [1.82, 2.24) is 9.78 Å². The highest BCUT2D eigenvalue weighted by Gasteiger charge is 2.02. The van der Waals surface area contributed by atoms with E-state index < -0.39 is 0 Å². The van der Waals surface area contributed by atoms with Crippen LogP contribution in [-0.2, 0) is 12.8 Å². The molecule has 0 amide bonds. The van der Waals surface area contributed by atoms with E-state index in [2.05, 4.69) is 25.0 Å². The normalized spacial score (nSPS) is 11.0. The molecule has 0 radical (unpaired) electrons. The van der Waals surface area contributed by atoms with Gasteiger partial charge in [0.25, 0.3) is 0 Å². The van der Waals surface area contributed by atoms with Gasteiger partial charge in [-0.2, -0.15) is 5.10 Å². The lowest BCUT2D eigenvalue weighted by Gasteiger charge is -2.04. The number of aromatic nitrogens is 2. The minimum Gasteiger partial charge on any atom is -0.508 e. The van der Waals surface area contributed by atoms with E-state index in [4.69, 9.17) is 0 Å². The fourth-order valence-corrected chi connectivity index (χ4v) is 1.73. The molecular weight excluding hydrogens is 212 g/mol. The Bertz CT molecular complexity index is 471. The summed E-state index contributed by atoms with van der Waals surface area (Å²) in [7, 11) is 0. The van der Waals surface area contributed by atoms with Crippen molar-refractivity contribution in [2.75, 3.05) is 0 Å². The largest absolute Gasteiger partial charge is 0.508 e. The predicted octanol–water partition coefficient (Wildman–Crippen LogP) is 2.95. The molecule has 0 fully saturated rings. The molecular formula is C14H18N2O. The first-order chi connectivity index (χ1) is 8.15. The van der Waals surface area contributed by atoms with Crippen LogP contribution in [0.5, 0.6) is 5.75 Å². The van der Waals surface area contributed by atoms with Crippen molar-refractivity contribution in [2.45, 2.75) is 32.7 Å². The van der Waals surface area contributed by atoms with Gasteiger partial charge in [-0.05, 0) is 50.5 Å². The fourth-order valence-electron chi connectivity index (χ4n) is 1.73. The number of phenols is 1. The van der Waals surface area contributed by atoms with Crippen LogP contribution < -0.4 is 0 Å². The molecule has 0 spiro atoms. The maximum absolute atomic E-state index is 9.19. The highest BCUT2D eigenvalue weighted by atomic mass is 16.3. The zero-order chi connectivity index (χ0) is 12.3. The maximum atomic E-state index is 9.19. The molecule has 1 heterocycles. The van der Waals surface area contributed by atoms with Gasteiger partial charge in [0.1, 0.15) is 5.75 Å². The summed E-state index contributed by atoms with van der Waals surface area (Å²) in [5.74, 6) is 0.317. The van der Waals surface area contributed by atoms with E-state index >= 15 is 0 Å². The summed E-state index contributed by atoms with van der Waals surface area (Å²) in [6.45, 7) is 4.24. The van der Waals surface area contributed by atoms with E-state index in [9.17, 15) is 5.11 Å². The number of hydrogen-bond donors (Lipinski definition) is 1. The summed E-state index contributed by atoms with van der Waals surface area (Å²) in [5, 5.41) is 13.7. The van der Waals surface area contributed by atoms with Crippen molar-refractivity contribution in [3.05, 3.63) is 47.8 Å². The van der Waals surface area contributed by atoms with E-state index in [1.165, 1.54) is 5.56 Å². The number of phenolic OH excluding ortho intramolecular Hbond substituents is 1. The Kier molecular flexibility index (Phi) is 3.47. The van der Waals surface area contributed by atoms with Crippen LogP contribution in [0, 0.1) is 0 Å². The topological polar surface area (TPSA) is 38.0 Å². The zero-order valence-electron chi connectivity index (χ0n) is 10.3. The summed E-state index contributed by atoms with van der Waals surface area (Å²) in [6, 6.07) is 9.84. The van der Waals surface area contributed by atoms with Gasteiger partial charge in [-0.15, -0.1) is 0 Å². The average molecular weight is 230 g/mol. The monoisotopic (exact) mass is 230 g/mol. The van der Waals surface area contributed by atoms with Crippen LogP contribution in [0.15, 0.2) is 36.5 Å². The minimum absolute atomic E-state index is 0.317. The maximum Gasteiger partial charge on any atom is 0.115 e. The molecule has 0 saturated carbocycles. The van der Waals surface area contributed by atoms with Gasteiger partial charge in [0.2, 0.25) is 0 Å². The van der Waals surface area contributed by atoms with E-state index in [-0.39, 0.29) is 0 Å². The molecule has 2 rings (SSSR count). The quantitative estimate of drug-likeness (QED) is 0.877. The Balaban J connectivity index is 1.95. The lowest BCUT2D eigenvalue weighted by Crippen LogP contribution is -2.02. The van der Waals surface area contributed by atoms with E-state index in [0.29, 0.717) is 11.8 Å². The van der Waals surface area contributed by atoms with Crippen LogP contribution in [0.4, 0.5) is 0 Å². The molecule has 0 aliphatic carbocycles. The van der Waals surface area contributed by atoms with Gasteiger partial charge in [-0.25, -0.2) is 0 Å². The minimum atomic E-state index is 0.317. The lowest BCUT2D eigenvalue weighted by atomic mass is 10.1. The van der Waals surface area contributed by atoms with E-state index in [1.54, 1.807) is 12.1 Å². The van der Waals surface area contributed by atoms with Crippen LogP contribution in [-0.4, -0.2) is 14.9 Å². The van der Waals surface area contributed by atoms with Crippen molar-refractivity contribution in [3.63, 3.8) is 0 Å². The third kappa shape index (κ3) is 3.09. The second-order valence-electron chi connectivity index (χ2n) is 4.55. The van der Waals surface area contributed by atoms with Gasteiger partial charge in [-0.3, -0.25) is 4.68 Å². The van der Waals surface area contributed by atoms with Crippen LogP contribution >= 0.6 is 0 Å². The molecule has 17 heavy (non-hydrogen) atoms. The van der Waals surface area contributed by atoms with Gasteiger partial charge in [-0.1, -0.05) is 12.1 Å². The molecule has 1 N–H and O–H groups in total. The highest BCUT2D eigenvalue weighted by Crippen LogP contribution is 2.12. The number of hydrogen-bond acceptors (Lipinski definition) is 2. The van der Waals surface area contributed by atoms with Crippen molar-refractivity contribution >= 4 is 0 Å². The SMILES string of the molecule is CC(C)n1ccc(CCc2ccc(O)cc2)n1. The smallest absolute Gasteiger partial charge is 0.115 e. The third-order valence-electron chi connectivity index (χ3n) is 2.80. The number of rotatable bonds is 4. The molecule has 3 heteroatoms. The fraction of sp³-hybridized carbons (Fsp3) is 0.357. The number of aryl methyl sites for hydroxylation is 2. The molecule has 3 nitrogen and oxygen atoms in total. The summed E-state index contributed by atoms with van der Waals surface area (Å²) in [6.07, 6.45) is 3.91. The Morgan fingerprint density at radius 2 is 1.82 bits per heavy atom. The van der Waals surface area contributed by atoms with Crippen molar-refractivity contribution in [3.8, 4) is 5.75 Å². The van der Waals surface area contributed by atoms with Crippen LogP contribution in [0.3, 0.4) is 0 Å². The Morgan fingerprint density at radius 1 is 1.12 bits per heavy atom. The van der Waals surface area contributed by atoms with E-state index in [1.807, 2.05) is 23.0 Å². The molecule has 1 aromatic heterocycles. The summed E-state index contributed by atoms with van der Waals surface area (Å²) in [5.41, 5.74) is 2.34. The van der Waals surface area contributed by atoms with Crippen LogP contribution in [0.1, 0.15) is 31.1 Å². The lowest BCUT2D eigenvalue weighted by molar-refractivity contribution is 0.475. The number of nitrogens with zero attached hydrogens (tertiary/aromatic N) is 2. The Morgan fingerprint density at radius 3 is 2.41 bits per heavy atom. The summed E-state index contributed by atoms with van der Waals surface area (Å²) >= 11 is 0. The molecule has 1 aromatic carbocycles. The van der Waals surface area contributed by atoms with Crippen LogP contribution in [0.2, 0.25) is 0 Å². The second-order valence-corrected chi connectivity index (χ2v) is 4.55. The average Bonchev–Trinajstić information content (AvgIpc) is 2.77.